The van der Waals surface area contributed by atoms with Crippen LogP contribution < -0.4 is 5.32 Å². The second-order valence-electron chi connectivity index (χ2n) is 6.20. The van der Waals surface area contributed by atoms with Crippen molar-refractivity contribution in [2.24, 2.45) is 0 Å². The summed E-state index contributed by atoms with van der Waals surface area (Å²) in [6.07, 6.45) is 0. The summed E-state index contributed by atoms with van der Waals surface area (Å²) in [5, 5.41) is 3.02. The molecule has 0 aliphatic heterocycles. The SMILES string of the molecule is COCCN(CC(=O)Nc1cccc(C)c1C)S(=O)(=O)c1cc(Cl)ccc1Cl. The van der Waals surface area contributed by atoms with E-state index in [1.165, 1.54) is 25.3 Å². The molecule has 6 nitrogen and oxygen atoms in total. The van der Waals surface area contributed by atoms with Gasteiger partial charge in [0.05, 0.1) is 18.2 Å². The van der Waals surface area contributed by atoms with Crippen LogP contribution in [0.4, 0.5) is 5.69 Å². The highest BCUT2D eigenvalue weighted by atomic mass is 35.5. The smallest absolute Gasteiger partial charge is 0.245 e. The molecule has 1 N–H and O–H groups in total. The third kappa shape index (κ3) is 5.46. The number of amides is 1. The molecule has 1 amide bonds. The van der Waals surface area contributed by atoms with Gasteiger partial charge in [-0.15, -0.1) is 0 Å². The number of sulfonamides is 1. The Bertz CT molecular complexity index is 964. The summed E-state index contributed by atoms with van der Waals surface area (Å²) in [7, 11) is -2.60. The lowest BCUT2D eigenvalue weighted by atomic mass is 10.1. The van der Waals surface area contributed by atoms with Crippen molar-refractivity contribution in [3.63, 3.8) is 0 Å². The Kier molecular flexibility index (Phi) is 7.86. The van der Waals surface area contributed by atoms with Crippen LogP contribution in [-0.4, -0.2) is 45.4 Å². The highest BCUT2D eigenvalue weighted by Crippen LogP contribution is 2.28. The van der Waals surface area contributed by atoms with Crippen molar-refractivity contribution in [2.45, 2.75) is 18.7 Å². The molecule has 0 radical (unpaired) electrons. The second kappa shape index (κ2) is 9.71. The van der Waals surface area contributed by atoms with Gasteiger partial charge in [0, 0.05) is 24.4 Å². The van der Waals surface area contributed by atoms with Gasteiger partial charge >= 0.3 is 0 Å². The van der Waals surface area contributed by atoms with Crippen LogP contribution in [0.2, 0.25) is 10.0 Å². The summed E-state index contributed by atoms with van der Waals surface area (Å²) < 4.78 is 32.2. The van der Waals surface area contributed by atoms with Crippen LogP contribution in [-0.2, 0) is 19.6 Å². The van der Waals surface area contributed by atoms with Crippen molar-refractivity contribution in [1.29, 1.82) is 0 Å². The van der Waals surface area contributed by atoms with Gasteiger partial charge in [0.15, 0.2) is 0 Å². The lowest BCUT2D eigenvalue weighted by Crippen LogP contribution is -2.40. The minimum Gasteiger partial charge on any atom is -0.383 e. The first kappa shape index (κ1) is 22.6. The van der Waals surface area contributed by atoms with E-state index in [1.807, 2.05) is 26.0 Å². The first-order valence-electron chi connectivity index (χ1n) is 8.47. The van der Waals surface area contributed by atoms with E-state index in [-0.39, 0.29) is 34.6 Å². The van der Waals surface area contributed by atoms with Gasteiger partial charge in [-0.25, -0.2) is 8.42 Å². The number of carbonyl (C=O) groups is 1. The zero-order chi connectivity index (χ0) is 20.9. The van der Waals surface area contributed by atoms with E-state index in [1.54, 1.807) is 6.07 Å². The van der Waals surface area contributed by atoms with E-state index in [0.717, 1.165) is 15.4 Å². The summed E-state index contributed by atoms with van der Waals surface area (Å²) in [6, 6.07) is 9.69. The molecule has 0 aromatic heterocycles. The zero-order valence-electron chi connectivity index (χ0n) is 15.8. The Morgan fingerprint density at radius 2 is 1.89 bits per heavy atom. The Morgan fingerprint density at radius 3 is 2.57 bits per heavy atom. The van der Waals surface area contributed by atoms with Crippen molar-refractivity contribution in [1.82, 2.24) is 4.31 Å². The molecule has 0 aliphatic carbocycles. The molecule has 152 valence electrons. The number of aryl methyl sites for hydroxylation is 1. The van der Waals surface area contributed by atoms with Gasteiger partial charge in [0.1, 0.15) is 4.90 Å². The van der Waals surface area contributed by atoms with E-state index in [2.05, 4.69) is 5.32 Å². The maximum absolute atomic E-state index is 13.1. The van der Waals surface area contributed by atoms with Crippen LogP contribution in [0.15, 0.2) is 41.3 Å². The predicted molar refractivity (Wildman–Crippen MR) is 112 cm³/mol. The molecule has 2 aromatic carbocycles. The van der Waals surface area contributed by atoms with Crippen LogP contribution >= 0.6 is 23.2 Å². The number of halogens is 2. The van der Waals surface area contributed by atoms with Crippen molar-refractivity contribution >= 4 is 44.8 Å². The van der Waals surface area contributed by atoms with Gasteiger partial charge in [-0.3, -0.25) is 4.79 Å². The van der Waals surface area contributed by atoms with E-state index in [0.29, 0.717) is 5.69 Å². The summed E-state index contributed by atoms with van der Waals surface area (Å²) in [6.45, 7) is 3.54. The summed E-state index contributed by atoms with van der Waals surface area (Å²) in [5.41, 5.74) is 2.57. The number of anilines is 1. The molecule has 0 atom stereocenters. The van der Waals surface area contributed by atoms with E-state index >= 15 is 0 Å². The number of nitrogens with zero attached hydrogens (tertiary/aromatic N) is 1. The molecule has 0 saturated heterocycles. The van der Waals surface area contributed by atoms with E-state index in [9.17, 15) is 13.2 Å². The molecule has 0 saturated carbocycles. The fourth-order valence-corrected chi connectivity index (χ4v) is 4.65. The van der Waals surface area contributed by atoms with Gasteiger partial charge in [0.25, 0.3) is 0 Å². The predicted octanol–water partition coefficient (Wildman–Crippen LogP) is 3.89. The van der Waals surface area contributed by atoms with Crippen molar-refractivity contribution in [3.05, 3.63) is 57.6 Å². The highest BCUT2D eigenvalue weighted by Gasteiger charge is 2.29. The van der Waals surface area contributed by atoms with Crippen LogP contribution in [0.5, 0.6) is 0 Å². The Labute approximate surface area is 175 Å². The minimum atomic E-state index is -4.06. The Hall–Kier alpha value is -1.64. The minimum absolute atomic E-state index is 0.0120. The Balaban J connectivity index is 2.28. The third-order valence-corrected chi connectivity index (χ3v) is 6.82. The molecule has 0 spiro atoms. The maximum Gasteiger partial charge on any atom is 0.245 e. The van der Waals surface area contributed by atoms with Crippen LogP contribution in [0, 0.1) is 13.8 Å². The molecule has 2 rings (SSSR count). The monoisotopic (exact) mass is 444 g/mol. The average Bonchev–Trinajstić information content (AvgIpc) is 2.64. The zero-order valence-corrected chi connectivity index (χ0v) is 18.2. The summed E-state index contributed by atoms with van der Waals surface area (Å²) in [4.78, 5) is 12.4. The van der Waals surface area contributed by atoms with E-state index in [4.69, 9.17) is 27.9 Å². The van der Waals surface area contributed by atoms with E-state index < -0.39 is 15.9 Å². The first-order valence-corrected chi connectivity index (χ1v) is 10.7. The molecule has 28 heavy (non-hydrogen) atoms. The fraction of sp³-hybridized carbons (Fsp3) is 0.316. The quantitative estimate of drug-likeness (QED) is 0.669. The molecular weight excluding hydrogens is 423 g/mol. The molecule has 2 aromatic rings. The van der Waals surface area contributed by atoms with Gasteiger partial charge in [-0.2, -0.15) is 4.31 Å². The van der Waals surface area contributed by atoms with Gasteiger partial charge in [-0.1, -0.05) is 35.3 Å². The van der Waals surface area contributed by atoms with Crippen LogP contribution in [0.1, 0.15) is 11.1 Å². The standard InChI is InChI=1S/C19H22Cl2N2O4S/c1-13-5-4-6-17(14(13)2)22-19(24)12-23(9-10-27-3)28(25,26)18-11-15(20)7-8-16(18)21/h4-8,11H,9-10,12H2,1-3H3,(H,22,24). The van der Waals surface area contributed by atoms with Crippen LogP contribution in [0.25, 0.3) is 0 Å². The highest BCUT2D eigenvalue weighted by molar-refractivity contribution is 7.89. The van der Waals surface area contributed by atoms with Gasteiger partial charge in [-0.05, 0) is 49.2 Å². The van der Waals surface area contributed by atoms with Crippen molar-refractivity contribution < 1.29 is 17.9 Å². The van der Waals surface area contributed by atoms with Gasteiger partial charge < -0.3 is 10.1 Å². The largest absolute Gasteiger partial charge is 0.383 e. The molecule has 9 heteroatoms. The van der Waals surface area contributed by atoms with Crippen molar-refractivity contribution in [3.8, 4) is 0 Å². The molecular formula is C19H22Cl2N2O4S. The Morgan fingerprint density at radius 1 is 1.18 bits per heavy atom. The van der Waals surface area contributed by atoms with Crippen molar-refractivity contribution in [2.75, 3.05) is 32.1 Å². The van der Waals surface area contributed by atoms with Crippen LogP contribution in [0.3, 0.4) is 0 Å². The number of methoxy groups -OCH3 is 1. The third-order valence-electron chi connectivity index (χ3n) is 4.25. The maximum atomic E-state index is 13.1. The lowest BCUT2D eigenvalue weighted by molar-refractivity contribution is -0.116. The number of carbonyl (C=O) groups excluding carboxylic acids is 1. The second-order valence-corrected chi connectivity index (χ2v) is 8.95. The molecule has 0 fully saturated rings. The lowest BCUT2D eigenvalue weighted by Gasteiger charge is -2.22. The average molecular weight is 445 g/mol. The molecule has 0 aliphatic rings. The summed E-state index contributed by atoms with van der Waals surface area (Å²) >= 11 is 12.0. The van der Waals surface area contributed by atoms with Gasteiger partial charge in [0.2, 0.25) is 15.9 Å². The molecule has 0 bridgehead atoms. The number of rotatable bonds is 8. The first-order chi connectivity index (χ1) is 13.2. The molecule has 0 heterocycles. The molecule has 0 unspecified atom stereocenters. The number of ether oxygens (including phenoxy) is 1. The topological polar surface area (TPSA) is 75.7 Å². The fourth-order valence-electron chi connectivity index (χ4n) is 2.53. The summed E-state index contributed by atoms with van der Waals surface area (Å²) in [5.74, 6) is -0.466. The number of hydrogen-bond donors (Lipinski definition) is 1. The normalized spacial score (nSPS) is 11.6. The number of benzene rings is 2. The number of nitrogens with one attached hydrogen (secondary N) is 1. The number of hydrogen-bond acceptors (Lipinski definition) is 4.